The third-order valence-electron chi connectivity index (χ3n) is 6.39. The average molecular weight is 622 g/mol. The number of hydrogen-bond donors (Lipinski definition) is 2. The van der Waals surface area contributed by atoms with Crippen LogP contribution in [0.2, 0.25) is 5.02 Å². The van der Waals surface area contributed by atoms with Crippen LogP contribution in [-0.4, -0.2) is 77.6 Å². The molecule has 2 unspecified atom stereocenters. The maximum Gasteiger partial charge on any atom is 0.425 e. The first-order valence-electron chi connectivity index (χ1n) is 13.6. The number of aromatic nitrogens is 2. The number of nitrogens with one attached hydrogen (secondary N) is 2. The molecule has 0 aliphatic carbocycles. The quantitative estimate of drug-likeness (QED) is 0.274. The molecule has 1 aromatic heterocycles. The van der Waals surface area contributed by atoms with E-state index in [1.54, 1.807) is 32.2 Å². The van der Waals surface area contributed by atoms with Gasteiger partial charge in [-0.25, -0.2) is 4.98 Å². The molecule has 0 spiro atoms. The zero-order valence-electron chi connectivity index (χ0n) is 24.4. The minimum absolute atomic E-state index is 0.101. The Morgan fingerprint density at radius 3 is 2.42 bits per heavy atom. The fourth-order valence-electron chi connectivity index (χ4n) is 4.03. The van der Waals surface area contributed by atoms with Crippen LogP contribution in [0.3, 0.4) is 0 Å². The Hall–Kier alpha value is -3.90. The number of amides is 2. The number of carbonyl (C=O) groups excluding carboxylic acids is 3. The highest BCUT2D eigenvalue weighted by Gasteiger charge is 2.38. The SMILES string of the molecule is CC(=O)CCn1cnc(-c2ccc(CC(CNC(=O)CN(C)C)NC(=O)c3ccc(OC(C)C(F)(F)F)c(Cl)c3)cc2)c1. The van der Waals surface area contributed by atoms with Gasteiger partial charge in [-0.1, -0.05) is 35.9 Å². The summed E-state index contributed by atoms with van der Waals surface area (Å²) in [6, 6.07) is 10.9. The molecule has 2 amide bonds. The van der Waals surface area contributed by atoms with Crippen molar-refractivity contribution in [1.82, 2.24) is 25.1 Å². The Kier molecular flexibility index (Phi) is 11.7. The topological polar surface area (TPSA) is 106 Å². The lowest BCUT2D eigenvalue weighted by Gasteiger charge is -2.21. The fourth-order valence-corrected chi connectivity index (χ4v) is 4.26. The molecule has 9 nitrogen and oxygen atoms in total. The number of imidazole rings is 1. The summed E-state index contributed by atoms with van der Waals surface area (Å²) < 4.78 is 45.4. The molecule has 0 bridgehead atoms. The minimum atomic E-state index is -4.57. The number of ketones is 1. The summed E-state index contributed by atoms with van der Waals surface area (Å²) in [5.74, 6) is -0.830. The molecule has 232 valence electrons. The number of Topliss-reactive ketones (excluding diaryl/α,β-unsaturated/α-hetero) is 1. The Morgan fingerprint density at radius 2 is 1.81 bits per heavy atom. The van der Waals surface area contributed by atoms with Gasteiger partial charge >= 0.3 is 6.18 Å². The first kappa shape index (κ1) is 33.6. The molecular formula is C30H35ClF3N5O4. The molecule has 0 saturated carbocycles. The van der Waals surface area contributed by atoms with Crippen LogP contribution in [0, 0.1) is 0 Å². The van der Waals surface area contributed by atoms with E-state index in [2.05, 4.69) is 15.6 Å². The van der Waals surface area contributed by atoms with E-state index in [9.17, 15) is 27.6 Å². The Labute approximate surface area is 253 Å². The molecule has 2 aromatic carbocycles. The molecule has 0 aliphatic heterocycles. The summed E-state index contributed by atoms with van der Waals surface area (Å²) in [7, 11) is 3.53. The first-order chi connectivity index (χ1) is 20.2. The van der Waals surface area contributed by atoms with E-state index in [1.165, 1.54) is 18.2 Å². The average Bonchev–Trinajstić information content (AvgIpc) is 3.40. The van der Waals surface area contributed by atoms with Crippen LogP contribution in [0.25, 0.3) is 11.3 Å². The number of aryl methyl sites for hydroxylation is 1. The number of likely N-dealkylation sites (N-methyl/N-ethyl adjacent to an activating group) is 1. The molecule has 0 saturated heterocycles. The van der Waals surface area contributed by atoms with Crippen molar-refractivity contribution in [2.24, 2.45) is 0 Å². The van der Waals surface area contributed by atoms with Gasteiger partial charge in [0.1, 0.15) is 11.5 Å². The predicted molar refractivity (Wildman–Crippen MR) is 157 cm³/mol. The van der Waals surface area contributed by atoms with Crippen molar-refractivity contribution >= 4 is 29.2 Å². The summed E-state index contributed by atoms with van der Waals surface area (Å²) in [5.41, 5.74) is 2.64. The van der Waals surface area contributed by atoms with Crippen LogP contribution in [0.1, 0.15) is 36.2 Å². The highest BCUT2D eigenvalue weighted by atomic mass is 35.5. The van der Waals surface area contributed by atoms with E-state index in [0.717, 1.165) is 23.7 Å². The van der Waals surface area contributed by atoms with Crippen molar-refractivity contribution in [1.29, 1.82) is 0 Å². The number of benzene rings is 2. The van der Waals surface area contributed by atoms with Gasteiger partial charge in [0.05, 0.1) is 29.6 Å². The number of rotatable bonds is 14. The van der Waals surface area contributed by atoms with Crippen molar-refractivity contribution in [3.05, 3.63) is 71.1 Å². The zero-order chi connectivity index (χ0) is 31.7. The number of carbonyl (C=O) groups is 3. The molecular weight excluding hydrogens is 587 g/mol. The van der Waals surface area contributed by atoms with Crippen LogP contribution < -0.4 is 15.4 Å². The summed E-state index contributed by atoms with van der Waals surface area (Å²) in [4.78, 5) is 42.8. The van der Waals surface area contributed by atoms with Crippen LogP contribution in [0.4, 0.5) is 13.2 Å². The molecule has 0 radical (unpaired) electrons. The van der Waals surface area contributed by atoms with Gasteiger partial charge in [-0.05, 0) is 58.1 Å². The summed E-state index contributed by atoms with van der Waals surface area (Å²) in [5, 5.41) is 5.57. The summed E-state index contributed by atoms with van der Waals surface area (Å²) in [6.07, 6.45) is -2.30. The largest absolute Gasteiger partial charge is 0.480 e. The Morgan fingerprint density at radius 1 is 1.12 bits per heavy atom. The zero-order valence-corrected chi connectivity index (χ0v) is 25.1. The molecule has 3 aromatic rings. The van der Waals surface area contributed by atoms with Gasteiger partial charge < -0.3 is 24.8 Å². The van der Waals surface area contributed by atoms with Gasteiger partial charge in [0, 0.05) is 36.8 Å². The minimum Gasteiger partial charge on any atom is -0.480 e. The summed E-state index contributed by atoms with van der Waals surface area (Å²) in [6.45, 7) is 3.26. The third-order valence-corrected chi connectivity index (χ3v) is 6.68. The predicted octanol–water partition coefficient (Wildman–Crippen LogP) is 4.53. The molecule has 1 heterocycles. The maximum atomic E-state index is 13.1. The van der Waals surface area contributed by atoms with Crippen LogP contribution in [0.15, 0.2) is 55.0 Å². The number of hydrogen-bond acceptors (Lipinski definition) is 6. The second-order valence-electron chi connectivity index (χ2n) is 10.5. The summed E-state index contributed by atoms with van der Waals surface area (Å²) >= 11 is 6.13. The van der Waals surface area contributed by atoms with Gasteiger partial charge in [0.15, 0.2) is 6.10 Å². The van der Waals surface area contributed by atoms with E-state index in [1.807, 2.05) is 35.0 Å². The molecule has 0 fully saturated rings. The number of alkyl halides is 3. The van der Waals surface area contributed by atoms with E-state index < -0.39 is 24.2 Å². The molecule has 3 rings (SSSR count). The van der Waals surface area contributed by atoms with Crippen molar-refractivity contribution in [2.75, 3.05) is 27.2 Å². The van der Waals surface area contributed by atoms with Crippen molar-refractivity contribution < 1.29 is 32.3 Å². The van der Waals surface area contributed by atoms with E-state index in [-0.39, 0.29) is 41.1 Å². The van der Waals surface area contributed by atoms with Gasteiger partial charge in [-0.15, -0.1) is 0 Å². The van der Waals surface area contributed by atoms with Crippen molar-refractivity contribution in [3.63, 3.8) is 0 Å². The number of ether oxygens (including phenoxy) is 1. The highest BCUT2D eigenvalue weighted by molar-refractivity contribution is 6.32. The van der Waals surface area contributed by atoms with Gasteiger partial charge in [-0.2, -0.15) is 13.2 Å². The Bertz CT molecular complexity index is 1410. The van der Waals surface area contributed by atoms with Crippen LogP contribution in [-0.2, 0) is 22.6 Å². The standard InChI is InChI=1S/C30H35ClF3N5O4/c1-19(40)11-12-39-16-26(36-18-39)22-7-5-21(6-8-22)13-24(15-35-28(41)17-38(3)4)37-29(42)23-9-10-27(25(31)14-23)43-20(2)30(32,33)34/h5-10,14,16,18,20,24H,11-13,15,17H2,1-4H3,(H,35,41)(H,37,42). The van der Waals surface area contributed by atoms with Gasteiger partial charge in [-0.3, -0.25) is 14.4 Å². The second kappa shape index (κ2) is 15.0. The molecule has 2 N–H and O–H groups in total. The molecule has 2 atom stereocenters. The third kappa shape index (κ3) is 10.7. The molecule has 13 heteroatoms. The van der Waals surface area contributed by atoms with Crippen molar-refractivity contribution in [3.8, 4) is 17.0 Å². The maximum absolute atomic E-state index is 13.1. The molecule has 43 heavy (non-hydrogen) atoms. The Balaban J connectivity index is 1.71. The van der Waals surface area contributed by atoms with Gasteiger partial charge in [0.2, 0.25) is 5.91 Å². The fraction of sp³-hybridized carbons (Fsp3) is 0.400. The smallest absolute Gasteiger partial charge is 0.425 e. The van der Waals surface area contributed by atoms with Crippen molar-refractivity contribution in [2.45, 2.75) is 51.6 Å². The van der Waals surface area contributed by atoms with Crippen LogP contribution >= 0.6 is 11.6 Å². The van der Waals surface area contributed by atoms with Gasteiger partial charge in [0.25, 0.3) is 5.91 Å². The lowest BCUT2D eigenvalue weighted by atomic mass is 10.0. The van der Waals surface area contributed by atoms with E-state index >= 15 is 0 Å². The molecule has 0 aliphatic rings. The highest BCUT2D eigenvalue weighted by Crippen LogP contribution is 2.30. The van der Waals surface area contributed by atoms with Crippen LogP contribution in [0.5, 0.6) is 5.75 Å². The second-order valence-corrected chi connectivity index (χ2v) is 10.9. The lowest BCUT2D eigenvalue weighted by Crippen LogP contribution is -2.46. The number of nitrogens with zero attached hydrogens (tertiary/aromatic N) is 3. The van der Waals surface area contributed by atoms with E-state index in [0.29, 0.717) is 19.4 Å². The normalized spacial score (nSPS) is 13.0. The lowest BCUT2D eigenvalue weighted by molar-refractivity contribution is -0.189. The van der Waals surface area contributed by atoms with E-state index in [4.69, 9.17) is 16.3 Å². The first-order valence-corrected chi connectivity index (χ1v) is 13.9. The number of halogens is 4. The monoisotopic (exact) mass is 621 g/mol.